The largest absolute Gasteiger partial charge is 0.506 e. The molecule has 2 amide bonds. The summed E-state index contributed by atoms with van der Waals surface area (Å²) in [7, 11) is 1.76. The number of aromatic amines is 1. The highest BCUT2D eigenvalue weighted by atomic mass is 16.5. The Hall–Kier alpha value is -6.48. The van der Waals surface area contributed by atoms with E-state index in [4.69, 9.17) is 4.74 Å². The number of nitrogens with zero attached hydrogens (tertiary/aromatic N) is 4. The van der Waals surface area contributed by atoms with Crippen LogP contribution in [0.3, 0.4) is 0 Å². The number of aryl methyl sites for hydroxylation is 1. The molecule has 3 fully saturated rings. The van der Waals surface area contributed by atoms with Gasteiger partial charge in [-0.25, -0.2) is 4.79 Å². The fourth-order valence-corrected chi connectivity index (χ4v) is 8.59. The van der Waals surface area contributed by atoms with E-state index in [0.29, 0.717) is 41.4 Å². The molecule has 1 unspecified atom stereocenters. The monoisotopic (exact) mass is 811 g/mol. The van der Waals surface area contributed by atoms with Crippen molar-refractivity contribution in [2.45, 2.75) is 50.7 Å². The lowest BCUT2D eigenvalue weighted by molar-refractivity contribution is -0.000814. The number of pyridine rings is 1. The number of phenols is 1. The Morgan fingerprint density at radius 1 is 0.917 bits per heavy atom. The minimum absolute atomic E-state index is 0.0586. The van der Waals surface area contributed by atoms with Gasteiger partial charge in [0, 0.05) is 44.7 Å². The lowest BCUT2D eigenvalue weighted by atomic mass is 9.81. The normalized spacial score (nSPS) is 18.2. The van der Waals surface area contributed by atoms with E-state index in [0.717, 1.165) is 54.7 Å². The number of amides is 2. The molecule has 0 saturated carbocycles. The molecule has 310 valence electrons. The molecule has 0 radical (unpaired) electrons. The molecule has 4 aromatic carbocycles. The minimum Gasteiger partial charge on any atom is -0.506 e. The zero-order valence-corrected chi connectivity index (χ0v) is 33.3. The minimum atomic E-state index is -0.934. The molecular formula is C46H49N7O7. The number of phenolic OH excluding ortho intramolecular Hbond substituents is 1. The van der Waals surface area contributed by atoms with Crippen molar-refractivity contribution in [1.82, 2.24) is 35.2 Å². The third kappa shape index (κ3) is 8.90. The summed E-state index contributed by atoms with van der Waals surface area (Å²) in [5.74, 6) is 0.527. The first-order valence-electron chi connectivity index (χ1n) is 20.2. The lowest BCUT2D eigenvalue weighted by Crippen LogP contribution is -2.59. The van der Waals surface area contributed by atoms with E-state index in [1.165, 1.54) is 12.1 Å². The van der Waals surface area contributed by atoms with Crippen LogP contribution in [-0.4, -0.2) is 84.1 Å². The number of ether oxygens (including phenoxy) is 1. The fourth-order valence-electron chi connectivity index (χ4n) is 8.59. The Kier molecular flexibility index (Phi) is 12.0. The van der Waals surface area contributed by atoms with Crippen molar-refractivity contribution in [2.24, 2.45) is 13.0 Å². The fraction of sp³-hybridized carbons (Fsp3) is 0.304. The summed E-state index contributed by atoms with van der Waals surface area (Å²) in [6, 6.07) is 32.3. The van der Waals surface area contributed by atoms with Crippen molar-refractivity contribution in [3.63, 3.8) is 0 Å². The molecule has 2 bridgehead atoms. The van der Waals surface area contributed by atoms with E-state index in [1.807, 2.05) is 78.9 Å². The van der Waals surface area contributed by atoms with E-state index >= 15 is 0 Å². The molecule has 3 aliphatic heterocycles. The van der Waals surface area contributed by atoms with E-state index in [-0.39, 0.29) is 47.6 Å². The molecule has 3 atom stereocenters. The van der Waals surface area contributed by atoms with Crippen molar-refractivity contribution in [3.05, 3.63) is 159 Å². The standard InChI is InChI=1S/C46H49N7O7/c1-51-34(28-60-35-9-5-8-33(22-35)44(32-6-3-2-4-7-32)53(46(58)59)39-27-52-20-18-31(39)19-21-52)23-38(50-51)45(57)48-25-30-12-10-29(11-13-30)24-47-26-41(55)36-14-16-40(54)43-37(36)15-17-42(56)49-43/h2-17,22-23,31,39,41,44,47,54-55H,18-21,24-28H2,1H3,(H,48,57)(H,49,56)(H,58,59)/t39-,41+,44?/m0/s1. The number of carboxylic acid groups (broad SMARTS) is 1. The van der Waals surface area contributed by atoms with Crippen molar-refractivity contribution in [1.29, 1.82) is 0 Å². The zero-order valence-electron chi connectivity index (χ0n) is 33.3. The van der Waals surface area contributed by atoms with Crippen LogP contribution in [0.1, 0.15) is 69.0 Å². The van der Waals surface area contributed by atoms with Gasteiger partial charge in [0.1, 0.15) is 18.1 Å². The Balaban J connectivity index is 0.856. The van der Waals surface area contributed by atoms with Crippen LogP contribution in [0.15, 0.2) is 114 Å². The van der Waals surface area contributed by atoms with Crippen LogP contribution in [0.5, 0.6) is 11.5 Å². The highest BCUT2D eigenvalue weighted by molar-refractivity contribution is 5.92. The maximum atomic E-state index is 13.2. The molecule has 3 saturated heterocycles. The maximum absolute atomic E-state index is 13.2. The molecule has 2 aromatic heterocycles. The molecule has 5 heterocycles. The number of nitrogens with one attached hydrogen (secondary N) is 3. The number of benzene rings is 4. The van der Waals surface area contributed by atoms with Crippen LogP contribution in [0.2, 0.25) is 0 Å². The number of carbonyl (C=O) groups excluding carboxylic acids is 1. The van der Waals surface area contributed by atoms with Crippen LogP contribution in [0.4, 0.5) is 4.79 Å². The first kappa shape index (κ1) is 40.3. The Bertz CT molecular complexity index is 2520. The van der Waals surface area contributed by atoms with Crippen LogP contribution < -0.4 is 20.9 Å². The second-order valence-corrected chi connectivity index (χ2v) is 15.6. The summed E-state index contributed by atoms with van der Waals surface area (Å²) >= 11 is 0. The van der Waals surface area contributed by atoms with E-state index in [2.05, 4.69) is 25.6 Å². The average Bonchev–Trinajstić information content (AvgIpc) is 3.65. The van der Waals surface area contributed by atoms with Gasteiger partial charge in [0.15, 0.2) is 5.69 Å². The highest BCUT2D eigenvalue weighted by Crippen LogP contribution is 2.39. The predicted molar refractivity (Wildman–Crippen MR) is 226 cm³/mol. The van der Waals surface area contributed by atoms with E-state index < -0.39 is 18.2 Å². The zero-order chi connectivity index (χ0) is 41.8. The molecule has 14 nitrogen and oxygen atoms in total. The third-order valence-corrected chi connectivity index (χ3v) is 11.8. The smallest absolute Gasteiger partial charge is 0.408 e. The van der Waals surface area contributed by atoms with Crippen molar-refractivity contribution >= 4 is 22.9 Å². The number of H-pyrrole nitrogens is 1. The summed E-state index contributed by atoms with van der Waals surface area (Å²) in [5, 5.41) is 42.9. The number of hydrogen-bond acceptors (Lipinski definition) is 9. The summed E-state index contributed by atoms with van der Waals surface area (Å²) in [5.41, 5.74) is 5.11. The number of hydrogen-bond donors (Lipinski definition) is 6. The highest BCUT2D eigenvalue weighted by Gasteiger charge is 2.43. The number of piperidine rings is 3. The lowest BCUT2D eigenvalue weighted by Gasteiger charge is -2.50. The Labute approximate surface area is 347 Å². The van der Waals surface area contributed by atoms with Gasteiger partial charge < -0.3 is 40.6 Å². The summed E-state index contributed by atoms with van der Waals surface area (Å²) < 4.78 is 7.87. The first-order chi connectivity index (χ1) is 29.1. The van der Waals surface area contributed by atoms with Gasteiger partial charge >= 0.3 is 6.09 Å². The van der Waals surface area contributed by atoms with E-state index in [9.17, 15) is 29.7 Å². The number of aliphatic hydroxyl groups excluding tert-OH is 1. The summed E-state index contributed by atoms with van der Waals surface area (Å²) in [6.07, 6.45) is 0.196. The third-order valence-electron chi connectivity index (χ3n) is 11.8. The Morgan fingerprint density at radius 3 is 2.37 bits per heavy atom. The molecule has 60 heavy (non-hydrogen) atoms. The van der Waals surface area contributed by atoms with Crippen LogP contribution in [-0.2, 0) is 26.7 Å². The molecule has 14 heteroatoms. The van der Waals surface area contributed by atoms with Gasteiger partial charge in [-0.1, -0.05) is 72.8 Å². The number of aliphatic hydroxyl groups is 1. The number of aromatic hydroxyl groups is 1. The van der Waals surface area contributed by atoms with Gasteiger partial charge in [0.25, 0.3) is 5.91 Å². The van der Waals surface area contributed by atoms with Gasteiger partial charge in [-0.3, -0.25) is 19.2 Å². The molecule has 0 aliphatic carbocycles. The van der Waals surface area contributed by atoms with Crippen molar-refractivity contribution in [2.75, 3.05) is 26.2 Å². The van der Waals surface area contributed by atoms with Gasteiger partial charge in [0.05, 0.1) is 29.4 Å². The first-order valence-corrected chi connectivity index (χ1v) is 20.2. The molecular weight excluding hydrogens is 763 g/mol. The summed E-state index contributed by atoms with van der Waals surface area (Å²) in [4.78, 5) is 44.6. The number of fused-ring (bicyclic) bond motifs is 4. The molecule has 6 N–H and O–H groups in total. The van der Waals surface area contributed by atoms with Gasteiger partial charge in [-0.05, 0) is 90.0 Å². The second-order valence-electron chi connectivity index (χ2n) is 15.6. The second kappa shape index (κ2) is 17.8. The molecule has 9 rings (SSSR count). The molecule has 3 aliphatic rings. The number of aromatic nitrogens is 3. The number of rotatable bonds is 15. The SMILES string of the molecule is Cn1nc(C(=O)NCc2ccc(CNC[C@@H](O)c3ccc(O)c4[nH]c(=O)ccc34)cc2)cc1COc1cccc(C(c2ccccc2)N(C(=O)O)[C@H]2CN3CCC2CC3)c1. The Morgan fingerprint density at radius 2 is 1.65 bits per heavy atom. The predicted octanol–water partition coefficient (Wildman–Crippen LogP) is 5.46. The molecule has 6 aromatic rings. The van der Waals surface area contributed by atoms with Gasteiger partial charge in [-0.15, -0.1) is 0 Å². The van der Waals surface area contributed by atoms with Crippen LogP contribution in [0, 0.1) is 5.92 Å². The van der Waals surface area contributed by atoms with Gasteiger partial charge in [-0.2, -0.15) is 5.10 Å². The maximum Gasteiger partial charge on any atom is 0.408 e. The van der Waals surface area contributed by atoms with Crippen molar-refractivity contribution in [3.8, 4) is 11.5 Å². The van der Waals surface area contributed by atoms with Gasteiger partial charge in [0.2, 0.25) is 5.56 Å². The number of carbonyl (C=O) groups is 2. The summed E-state index contributed by atoms with van der Waals surface area (Å²) in [6.45, 7) is 3.96. The average molecular weight is 812 g/mol. The van der Waals surface area contributed by atoms with Crippen LogP contribution in [0.25, 0.3) is 10.9 Å². The van der Waals surface area contributed by atoms with E-state index in [1.54, 1.807) is 34.8 Å². The topological polar surface area (TPSA) is 185 Å². The quantitative estimate of drug-likeness (QED) is 0.0778. The molecule has 0 spiro atoms. The van der Waals surface area contributed by atoms with Crippen molar-refractivity contribution < 1.29 is 29.6 Å². The van der Waals surface area contributed by atoms with Crippen LogP contribution >= 0.6 is 0 Å².